The predicted molar refractivity (Wildman–Crippen MR) is 114 cm³/mol. The summed E-state index contributed by atoms with van der Waals surface area (Å²) in [5.41, 5.74) is 5.53. The Labute approximate surface area is 168 Å². The molecule has 0 bridgehead atoms. The summed E-state index contributed by atoms with van der Waals surface area (Å²) in [6, 6.07) is 28.2. The summed E-state index contributed by atoms with van der Waals surface area (Å²) in [4.78, 5) is 0. The van der Waals surface area contributed by atoms with Crippen molar-refractivity contribution in [3.05, 3.63) is 101 Å². The summed E-state index contributed by atoms with van der Waals surface area (Å²) in [6.45, 7) is 0.609. The van der Waals surface area contributed by atoms with Gasteiger partial charge in [-0.3, -0.25) is 0 Å². The molecule has 0 saturated carbocycles. The molecule has 1 N–H and O–H groups in total. The first-order valence-corrected chi connectivity index (χ1v) is 9.34. The molecule has 2 nitrogen and oxygen atoms in total. The van der Waals surface area contributed by atoms with Crippen LogP contribution < -0.4 is 10.1 Å². The monoisotopic (exact) mass is 379 g/mol. The van der Waals surface area contributed by atoms with E-state index in [0.29, 0.717) is 18.6 Å². The summed E-state index contributed by atoms with van der Waals surface area (Å²) in [7, 11) is 2.07. The first-order valence-electron chi connectivity index (χ1n) is 9.34. The molecule has 0 amide bonds. The van der Waals surface area contributed by atoms with Gasteiger partial charge >= 0.3 is 0 Å². The van der Waals surface area contributed by atoms with Crippen LogP contribution in [0.4, 0.5) is 0 Å². The normalized spacial score (nSPS) is 17.8. The second-order valence-corrected chi connectivity index (χ2v) is 7.03. The number of benzene rings is 3. The second kappa shape index (κ2) is 9.07. The van der Waals surface area contributed by atoms with Crippen molar-refractivity contribution in [3.8, 4) is 5.75 Å². The number of ether oxygens (including phenoxy) is 1. The number of nitrogens with one attached hydrogen (secondary N) is 1. The molecule has 0 saturated heterocycles. The van der Waals surface area contributed by atoms with Gasteiger partial charge < -0.3 is 10.1 Å². The summed E-state index contributed by atoms with van der Waals surface area (Å²) < 4.78 is 5.90. The minimum absolute atomic E-state index is 0. The minimum Gasteiger partial charge on any atom is -0.489 e. The average Bonchev–Trinajstić information content (AvgIpc) is 3.06. The van der Waals surface area contributed by atoms with Crippen LogP contribution in [0.2, 0.25) is 0 Å². The Kier molecular flexibility index (Phi) is 6.54. The first kappa shape index (κ1) is 19.5. The van der Waals surface area contributed by atoms with Gasteiger partial charge in [-0.05, 0) is 54.3 Å². The van der Waals surface area contributed by atoms with Crippen molar-refractivity contribution in [2.45, 2.75) is 31.4 Å². The predicted octanol–water partition coefficient (Wildman–Crippen LogP) is 5.16. The van der Waals surface area contributed by atoms with Crippen LogP contribution in [0.5, 0.6) is 5.75 Å². The van der Waals surface area contributed by atoms with Gasteiger partial charge in [-0.2, -0.15) is 0 Å². The van der Waals surface area contributed by atoms with Crippen LogP contribution in [0.25, 0.3) is 0 Å². The number of fused-ring (bicyclic) bond motifs is 1. The molecule has 0 aromatic heterocycles. The van der Waals surface area contributed by atoms with E-state index in [1.807, 2.05) is 18.2 Å². The molecule has 27 heavy (non-hydrogen) atoms. The van der Waals surface area contributed by atoms with Gasteiger partial charge in [0.25, 0.3) is 0 Å². The Hall–Kier alpha value is -2.29. The van der Waals surface area contributed by atoms with Crippen LogP contribution in [0.15, 0.2) is 78.9 Å². The first-order chi connectivity index (χ1) is 12.8. The third-order valence-corrected chi connectivity index (χ3v) is 5.38. The van der Waals surface area contributed by atoms with Gasteiger partial charge in [0.1, 0.15) is 12.4 Å². The van der Waals surface area contributed by atoms with Gasteiger partial charge in [-0.25, -0.2) is 0 Å². The van der Waals surface area contributed by atoms with E-state index in [2.05, 4.69) is 73.0 Å². The maximum atomic E-state index is 5.90. The lowest BCUT2D eigenvalue weighted by Crippen LogP contribution is -2.30. The van der Waals surface area contributed by atoms with E-state index in [1.165, 1.54) is 22.3 Å². The highest BCUT2D eigenvalue weighted by molar-refractivity contribution is 5.85. The number of hydrogen-bond acceptors (Lipinski definition) is 2. The molecule has 0 aliphatic heterocycles. The molecular weight excluding hydrogens is 354 g/mol. The maximum Gasteiger partial charge on any atom is 0.119 e. The fourth-order valence-electron chi connectivity index (χ4n) is 3.95. The SMILES string of the molecule is CNC1Cc2ccccc2C1Cc1ccc(OCc2ccccc2)cc1.Cl. The largest absolute Gasteiger partial charge is 0.489 e. The van der Waals surface area contributed by atoms with E-state index in [9.17, 15) is 0 Å². The van der Waals surface area contributed by atoms with Crippen LogP contribution >= 0.6 is 12.4 Å². The van der Waals surface area contributed by atoms with Crippen LogP contribution in [-0.4, -0.2) is 13.1 Å². The standard InChI is InChI=1S/C24H25NO.ClH/c1-25-24-16-20-9-5-6-10-22(20)23(24)15-18-11-13-21(14-12-18)26-17-19-7-3-2-4-8-19;/h2-14,23-25H,15-17H2,1H3;1H. The van der Waals surface area contributed by atoms with E-state index in [-0.39, 0.29) is 12.4 Å². The van der Waals surface area contributed by atoms with E-state index in [0.717, 1.165) is 18.6 Å². The van der Waals surface area contributed by atoms with Crippen molar-refractivity contribution in [2.24, 2.45) is 0 Å². The molecule has 1 aliphatic rings. The van der Waals surface area contributed by atoms with Crippen molar-refractivity contribution in [3.63, 3.8) is 0 Å². The molecule has 2 atom stereocenters. The molecule has 0 radical (unpaired) electrons. The van der Waals surface area contributed by atoms with Gasteiger partial charge in [0.15, 0.2) is 0 Å². The van der Waals surface area contributed by atoms with E-state index in [1.54, 1.807) is 0 Å². The Balaban J connectivity index is 0.00000210. The summed E-state index contributed by atoms with van der Waals surface area (Å²) in [5.74, 6) is 1.46. The number of rotatable bonds is 6. The van der Waals surface area contributed by atoms with Crippen molar-refractivity contribution < 1.29 is 4.74 Å². The Morgan fingerprint density at radius 2 is 1.56 bits per heavy atom. The smallest absolute Gasteiger partial charge is 0.119 e. The Morgan fingerprint density at radius 3 is 2.30 bits per heavy atom. The Morgan fingerprint density at radius 1 is 0.852 bits per heavy atom. The van der Waals surface area contributed by atoms with Gasteiger partial charge in [0.05, 0.1) is 0 Å². The molecule has 1 aliphatic carbocycles. The Bertz CT molecular complexity index is 848. The van der Waals surface area contributed by atoms with Crippen molar-refractivity contribution >= 4 is 12.4 Å². The molecule has 2 unspecified atom stereocenters. The molecule has 3 heteroatoms. The van der Waals surface area contributed by atoms with Gasteiger partial charge in [0, 0.05) is 12.0 Å². The third kappa shape index (κ3) is 4.52. The third-order valence-electron chi connectivity index (χ3n) is 5.38. The number of halogens is 1. The molecule has 0 heterocycles. The fourth-order valence-corrected chi connectivity index (χ4v) is 3.95. The fraction of sp³-hybridized carbons (Fsp3) is 0.250. The highest BCUT2D eigenvalue weighted by Gasteiger charge is 2.30. The molecule has 0 spiro atoms. The zero-order chi connectivity index (χ0) is 17.8. The van der Waals surface area contributed by atoms with Crippen molar-refractivity contribution in [1.82, 2.24) is 5.32 Å². The maximum absolute atomic E-state index is 5.90. The van der Waals surface area contributed by atoms with Crippen LogP contribution in [-0.2, 0) is 19.4 Å². The van der Waals surface area contributed by atoms with Crippen molar-refractivity contribution in [2.75, 3.05) is 7.05 Å². The molecule has 3 aromatic carbocycles. The van der Waals surface area contributed by atoms with E-state index in [4.69, 9.17) is 4.74 Å². The van der Waals surface area contributed by atoms with E-state index < -0.39 is 0 Å². The van der Waals surface area contributed by atoms with E-state index >= 15 is 0 Å². The topological polar surface area (TPSA) is 21.3 Å². The number of likely N-dealkylation sites (N-methyl/N-ethyl adjacent to an activating group) is 1. The van der Waals surface area contributed by atoms with Crippen LogP contribution in [0, 0.1) is 0 Å². The van der Waals surface area contributed by atoms with Crippen LogP contribution in [0.3, 0.4) is 0 Å². The lowest BCUT2D eigenvalue weighted by molar-refractivity contribution is 0.306. The van der Waals surface area contributed by atoms with Crippen molar-refractivity contribution in [1.29, 1.82) is 0 Å². The molecule has 140 valence electrons. The highest BCUT2D eigenvalue weighted by atomic mass is 35.5. The molecule has 4 rings (SSSR count). The van der Waals surface area contributed by atoms with Gasteiger partial charge in [-0.1, -0.05) is 66.7 Å². The zero-order valence-electron chi connectivity index (χ0n) is 15.6. The molecular formula is C24H26ClNO. The average molecular weight is 380 g/mol. The molecule has 0 fully saturated rings. The summed E-state index contributed by atoms with van der Waals surface area (Å²) >= 11 is 0. The highest BCUT2D eigenvalue weighted by Crippen LogP contribution is 2.35. The molecule has 3 aromatic rings. The zero-order valence-corrected chi connectivity index (χ0v) is 16.4. The van der Waals surface area contributed by atoms with Crippen LogP contribution in [0.1, 0.15) is 28.2 Å². The van der Waals surface area contributed by atoms with Gasteiger partial charge in [-0.15, -0.1) is 12.4 Å². The second-order valence-electron chi connectivity index (χ2n) is 7.03. The lowest BCUT2D eigenvalue weighted by atomic mass is 9.91. The minimum atomic E-state index is 0. The van der Waals surface area contributed by atoms with Gasteiger partial charge in [0.2, 0.25) is 0 Å². The lowest BCUT2D eigenvalue weighted by Gasteiger charge is -2.20. The number of hydrogen-bond donors (Lipinski definition) is 1. The summed E-state index contributed by atoms with van der Waals surface area (Å²) in [6.07, 6.45) is 2.18. The summed E-state index contributed by atoms with van der Waals surface area (Å²) in [5, 5.41) is 3.51. The quantitative estimate of drug-likeness (QED) is 0.638.